The highest BCUT2D eigenvalue weighted by Crippen LogP contribution is 2.48. The lowest BCUT2D eigenvalue weighted by Crippen LogP contribution is -2.49. The third-order valence-corrected chi connectivity index (χ3v) is 14.5. The van der Waals surface area contributed by atoms with E-state index in [4.69, 9.17) is 9.47 Å². The Hall–Kier alpha value is -5.60. The monoisotopic (exact) mass is 954 g/mol. The van der Waals surface area contributed by atoms with Gasteiger partial charge in [0.2, 0.25) is 5.91 Å². The Bertz CT molecular complexity index is 2430. The van der Waals surface area contributed by atoms with Crippen LogP contribution >= 0.6 is 0 Å². The molecule has 3 amide bonds. The SMILES string of the molecule is CC(C)=CCC/C(C)=C/CC[C@@]1(C)Oc2c(c(O)cc3c2CN(CCC[C@@H](C(=O)N(C)CCC(=O)O)N2Cc4c(cc(O)c5c4O[C@](C)(CC/C=C(\C)CCC=C(C)C)[C@@H](O)C5)C2=O)C3=O)C[C@@H]1O. The van der Waals surface area contributed by atoms with Gasteiger partial charge >= 0.3 is 5.97 Å². The zero-order chi connectivity index (χ0) is 50.5. The summed E-state index contributed by atoms with van der Waals surface area (Å²) in [7, 11) is 1.50. The number of aliphatic hydroxyl groups excluding tert-OH is 2. The van der Waals surface area contributed by atoms with E-state index in [0.717, 1.165) is 25.7 Å². The first kappa shape index (κ1) is 52.8. The van der Waals surface area contributed by atoms with Crippen molar-refractivity contribution in [3.8, 4) is 23.0 Å². The summed E-state index contributed by atoms with van der Waals surface area (Å²) in [6.07, 6.45) is 13.4. The topological polar surface area (TPSA) is 198 Å². The Morgan fingerprint density at radius 3 is 1.68 bits per heavy atom. The van der Waals surface area contributed by atoms with E-state index in [9.17, 15) is 44.7 Å². The number of aliphatic hydroxyl groups is 2. The minimum atomic E-state index is -1.08. The molecule has 5 N–H and O–H groups in total. The van der Waals surface area contributed by atoms with Crippen LogP contribution in [0.4, 0.5) is 0 Å². The predicted molar refractivity (Wildman–Crippen MR) is 265 cm³/mol. The van der Waals surface area contributed by atoms with Crippen LogP contribution in [-0.2, 0) is 35.5 Å². The van der Waals surface area contributed by atoms with Gasteiger partial charge in [-0.15, -0.1) is 0 Å². The molecule has 0 aliphatic carbocycles. The number of aliphatic carboxylic acids is 1. The van der Waals surface area contributed by atoms with Crippen molar-refractivity contribution in [2.75, 3.05) is 20.1 Å². The first-order valence-electron chi connectivity index (χ1n) is 24.7. The first-order valence-corrected chi connectivity index (χ1v) is 24.7. The maximum atomic E-state index is 14.4. The molecule has 0 unspecified atom stereocenters. The largest absolute Gasteiger partial charge is 0.508 e. The predicted octanol–water partition coefficient (Wildman–Crippen LogP) is 8.85. The van der Waals surface area contributed by atoms with Crippen molar-refractivity contribution < 1.29 is 54.2 Å². The fraction of sp³-hybridized carbons (Fsp3) is 0.564. The molecule has 2 aromatic rings. The number of phenols is 2. The number of amides is 3. The number of nitrogens with zero attached hydrogens (tertiary/aromatic N) is 3. The quantitative estimate of drug-likeness (QED) is 0.0750. The molecule has 0 bridgehead atoms. The Morgan fingerprint density at radius 1 is 0.725 bits per heavy atom. The summed E-state index contributed by atoms with van der Waals surface area (Å²) >= 11 is 0. The van der Waals surface area contributed by atoms with Gasteiger partial charge in [-0.25, -0.2) is 0 Å². The second-order valence-corrected chi connectivity index (χ2v) is 20.8. The number of carbonyl (C=O) groups excluding carboxylic acids is 3. The summed E-state index contributed by atoms with van der Waals surface area (Å²) in [6, 6.07) is 1.75. The van der Waals surface area contributed by atoms with E-state index >= 15 is 0 Å². The van der Waals surface area contributed by atoms with Crippen LogP contribution in [0, 0.1) is 0 Å². The number of ether oxygens (including phenoxy) is 2. The molecule has 4 aliphatic heterocycles. The van der Waals surface area contributed by atoms with Crippen molar-refractivity contribution in [1.29, 1.82) is 0 Å². The van der Waals surface area contributed by atoms with Gasteiger partial charge in [-0.2, -0.15) is 0 Å². The molecule has 0 aromatic heterocycles. The molecule has 4 aliphatic rings. The molecule has 0 saturated carbocycles. The molecule has 6 rings (SSSR count). The Kier molecular flexibility index (Phi) is 16.8. The summed E-state index contributed by atoms with van der Waals surface area (Å²) in [6.45, 7) is 16.4. The van der Waals surface area contributed by atoms with Crippen molar-refractivity contribution in [3.63, 3.8) is 0 Å². The van der Waals surface area contributed by atoms with E-state index in [-0.39, 0.29) is 81.3 Å². The molecule has 2 aromatic carbocycles. The molecule has 14 nitrogen and oxygen atoms in total. The van der Waals surface area contributed by atoms with Crippen LogP contribution in [0.3, 0.4) is 0 Å². The normalized spacial score (nSPS) is 22.2. The molecule has 69 heavy (non-hydrogen) atoms. The molecular weight excluding hydrogens is 879 g/mol. The number of likely N-dealkylation sites (N-methyl/N-ethyl adjacent to an activating group) is 1. The van der Waals surface area contributed by atoms with Crippen molar-refractivity contribution >= 4 is 23.7 Å². The number of carboxylic acids is 1. The molecule has 0 spiro atoms. The van der Waals surface area contributed by atoms with E-state index in [1.807, 2.05) is 13.8 Å². The van der Waals surface area contributed by atoms with Gasteiger partial charge in [-0.1, -0.05) is 46.6 Å². The van der Waals surface area contributed by atoms with Crippen LogP contribution in [0.5, 0.6) is 23.0 Å². The van der Waals surface area contributed by atoms with Crippen LogP contribution in [0.1, 0.15) is 169 Å². The third kappa shape index (κ3) is 12.1. The summed E-state index contributed by atoms with van der Waals surface area (Å²) in [4.78, 5) is 58.6. The van der Waals surface area contributed by atoms with Crippen LogP contribution in [0.25, 0.3) is 0 Å². The lowest BCUT2D eigenvalue weighted by Gasteiger charge is -2.41. The molecule has 4 heterocycles. The standard InChI is InChI=1S/C55H75N3O11/c1-33(2)15-10-17-35(5)19-12-23-54(7)46(61)29-39-44(59)27-37-41(49(39)68-54)31-57(51(37)65)25-14-21-43(53(67)56(9)26-22-48(63)64)58-32-42-38(52(58)66)28-45(60)40-30-47(62)55(8,69-50(40)42)24-13-20-36(6)18-11-16-34(3)4/h15-16,19-20,27-28,43,46-47,59-62H,10-14,17-18,21-26,29-32H2,1-9H3,(H,63,64)/b35-19+,36-20+/t43-,46-,47-,54+,55+/m0/s1. The Morgan fingerprint density at radius 2 is 1.20 bits per heavy atom. The second-order valence-electron chi connectivity index (χ2n) is 20.8. The average Bonchev–Trinajstić information content (AvgIpc) is 3.76. The van der Waals surface area contributed by atoms with E-state index in [1.54, 1.807) is 4.90 Å². The van der Waals surface area contributed by atoms with Crippen molar-refractivity contribution in [1.82, 2.24) is 14.7 Å². The molecule has 14 heteroatoms. The maximum absolute atomic E-state index is 14.4. The molecular formula is C55H75N3O11. The lowest BCUT2D eigenvalue weighted by atomic mass is 9.84. The Balaban J connectivity index is 1.18. The molecule has 0 radical (unpaired) electrons. The fourth-order valence-electron chi connectivity index (χ4n) is 10.0. The minimum Gasteiger partial charge on any atom is -0.508 e. The number of carbonyl (C=O) groups is 4. The van der Waals surface area contributed by atoms with E-state index < -0.39 is 47.2 Å². The van der Waals surface area contributed by atoms with Gasteiger partial charge in [0.1, 0.15) is 40.2 Å². The van der Waals surface area contributed by atoms with E-state index in [0.29, 0.717) is 65.0 Å². The van der Waals surface area contributed by atoms with Gasteiger partial charge in [0.05, 0.1) is 42.8 Å². The number of phenolic OH excluding ortho intramolecular Hbond substituents is 2. The molecule has 5 atom stereocenters. The number of hydrogen-bond donors (Lipinski definition) is 5. The first-order chi connectivity index (χ1) is 32.5. The number of benzene rings is 2. The molecule has 376 valence electrons. The summed E-state index contributed by atoms with van der Waals surface area (Å²) < 4.78 is 13.2. The molecule has 0 saturated heterocycles. The van der Waals surface area contributed by atoms with Crippen molar-refractivity contribution in [2.45, 2.75) is 181 Å². The highest BCUT2D eigenvalue weighted by molar-refractivity contribution is 6.03. The number of aromatic hydroxyl groups is 2. The van der Waals surface area contributed by atoms with Gasteiger partial charge in [-0.05, 0) is 132 Å². The zero-order valence-corrected chi connectivity index (χ0v) is 42.2. The van der Waals surface area contributed by atoms with Gasteiger partial charge in [0.15, 0.2) is 0 Å². The van der Waals surface area contributed by atoms with Gasteiger partial charge < -0.3 is 49.7 Å². The number of allylic oxidation sites excluding steroid dienone is 8. The number of carboxylic acid groups (broad SMARTS) is 1. The number of hydrogen-bond acceptors (Lipinski definition) is 10. The summed E-state index contributed by atoms with van der Waals surface area (Å²) in [5.41, 5.74) is 5.48. The zero-order valence-electron chi connectivity index (χ0n) is 42.2. The van der Waals surface area contributed by atoms with Gasteiger partial charge in [-0.3, -0.25) is 19.2 Å². The van der Waals surface area contributed by atoms with Crippen LogP contribution < -0.4 is 9.47 Å². The number of fused-ring (bicyclic) bond motifs is 6. The van der Waals surface area contributed by atoms with Gasteiger partial charge in [0.25, 0.3) is 11.8 Å². The second kappa shape index (κ2) is 22.0. The van der Waals surface area contributed by atoms with Crippen LogP contribution in [0.15, 0.2) is 58.7 Å². The third-order valence-electron chi connectivity index (χ3n) is 14.5. The van der Waals surface area contributed by atoms with Crippen LogP contribution in [-0.4, -0.2) is 114 Å². The van der Waals surface area contributed by atoms with Crippen molar-refractivity contribution in [3.05, 3.63) is 92.1 Å². The molecule has 0 fully saturated rings. The van der Waals surface area contributed by atoms with E-state index in [1.165, 1.54) is 51.3 Å². The Labute approximate surface area is 408 Å². The summed E-state index contributed by atoms with van der Waals surface area (Å²) in [5.74, 6) is -1.94. The average molecular weight is 954 g/mol. The smallest absolute Gasteiger partial charge is 0.305 e. The van der Waals surface area contributed by atoms with Gasteiger partial charge in [0, 0.05) is 55.2 Å². The summed E-state index contributed by atoms with van der Waals surface area (Å²) in [5, 5.41) is 54.5. The van der Waals surface area contributed by atoms with Crippen molar-refractivity contribution in [2.24, 2.45) is 0 Å². The number of rotatable bonds is 21. The van der Waals surface area contributed by atoms with E-state index in [2.05, 4.69) is 65.8 Å². The minimum absolute atomic E-state index is 0.0256. The highest BCUT2D eigenvalue weighted by Gasteiger charge is 2.47. The lowest BCUT2D eigenvalue weighted by molar-refractivity contribution is -0.139. The van der Waals surface area contributed by atoms with Crippen LogP contribution in [0.2, 0.25) is 0 Å². The highest BCUT2D eigenvalue weighted by atomic mass is 16.5. The fourth-order valence-corrected chi connectivity index (χ4v) is 10.0. The maximum Gasteiger partial charge on any atom is 0.305 e.